The predicted octanol–water partition coefficient (Wildman–Crippen LogP) is 6.24. The molecule has 0 unspecified atom stereocenters. The molecule has 6 nitrogen and oxygen atoms in total. The van der Waals surface area contributed by atoms with Gasteiger partial charge in [0.25, 0.3) is 5.56 Å². The normalized spacial score (nSPS) is 15.0. The second-order valence-corrected chi connectivity index (χ2v) is 12.8. The Morgan fingerprint density at radius 2 is 1.90 bits per heavy atom. The fraction of sp³-hybridized carbons (Fsp3) is 0.167. The third kappa shape index (κ3) is 5.93. The quantitative estimate of drug-likeness (QED) is 0.164. The van der Waals surface area contributed by atoms with Crippen LogP contribution in [-0.2, 0) is 16.1 Å². The summed E-state index contributed by atoms with van der Waals surface area (Å²) in [5.41, 5.74) is 3.29. The van der Waals surface area contributed by atoms with E-state index in [0.717, 1.165) is 23.8 Å². The molecule has 0 saturated carbocycles. The smallest absolute Gasteiger partial charge is 0.338 e. The van der Waals surface area contributed by atoms with Crippen molar-refractivity contribution < 1.29 is 14.3 Å². The van der Waals surface area contributed by atoms with Gasteiger partial charge >= 0.3 is 5.97 Å². The van der Waals surface area contributed by atoms with Gasteiger partial charge in [-0.2, -0.15) is 0 Å². The van der Waals surface area contributed by atoms with Crippen molar-refractivity contribution in [3.8, 4) is 5.75 Å². The number of methoxy groups -OCH3 is 1. The lowest BCUT2D eigenvalue weighted by atomic mass is 9.95. The molecule has 204 valence electrons. The molecule has 10 heteroatoms. The third-order valence-electron chi connectivity index (χ3n) is 6.36. The lowest BCUT2D eigenvalue weighted by Gasteiger charge is -2.25. The van der Waals surface area contributed by atoms with E-state index in [4.69, 9.17) is 26.1 Å². The largest absolute Gasteiger partial charge is 0.487 e. The van der Waals surface area contributed by atoms with Gasteiger partial charge in [-0.05, 0) is 93.1 Å². The van der Waals surface area contributed by atoms with E-state index in [9.17, 15) is 9.59 Å². The maximum atomic E-state index is 14.0. The number of hydrogen-bond acceptors (Lipinski definition) is 6. The Morgan fingerprint density at radius 3 is 2.60 bits per heavy atom. The van der Waals surface area contributed by atoms with Crippen molar-refractivity contribution in [1.29, 1.82) is 0 Å². The van der Waals surface area contributed by atoms with E-state index in [1.54, 1.807) is 4.57 Å². The van der Waals surface area contributed by atoms with E-state index in [2.05, 4.69) is 45.2 Å². The van der Waals surface area contributed by atoms with Crippen LogP contribution in [0.1, 0.15) is 36.1 Å². The van der Waals surface area contributed by atoms with Crippen LogP contribution in [0.15, 0.2) is 87.8 Å². The van der Waals surface area contributed by atoms with Gasteiger partial charge in [0.15, 0.2) is 4.80 Å². The van der Waals surface area contributed by atoms with E-state index in [1.807, 2.05) is 79.7 Å². The number of esters is 1. The van der Waals surface area contributed by atoms with Gasteiger partial charge in [-0.15, -0.1) is 0 Å². The highest BCUT2D eigenvalue weighted by Crippen LogP contribution is 2.32. The first kappa shape index (κ1) is 29.0. The summed E-state index contributed by atoms with van der Waals surface area (Å²) in [6, 6.07) is 20.4. The van der Waals surface area contributed by atoms with Crippen LogP contribution in [0.25, 0.3) is 6.08 Å². The van der Waals surface area contributed by atoms with Gasteiger partial charge in [0.05, 0.1) is 32.5 Å². The second kappa shape index (κ2) is 12.6. The number of carbonyl (C=O) groups is 1. The lowest BCUT2D eigenvalue weighted by Crippen LogP contribution is -2.40. The van der Waals surface area contributed by atoms with Gasteiger partial charge < -0.3 is 9.47 Å². The standard InChI is InChI=1S/C30H23ClI2N2O4S/c1-3-23-25(29(37)38-2)26(18-9-5-4-6-10-18)35-28(36)24(40-30(35)34-23)14-19-13-21(32)15-22(33)27(19)39-16-17-8-7-11-20(31)12-17/h4-15,26H,3,16H2,1-2H3/b24-14+/t26-/m0/s1. The summed E-state index contributed by atoms with van der Waals surface area (Å²) in [7, 11) is 1.35. The minimum absolute atomic E-state index is 0.233. The molecule has 1 atom stereocenters. The van der Waals surface area contributed by atoms with Crippen LogP contribution in [-0.4, -0.2) is 17.6 Å². The number of ether oxygens (including phenoxy) is 2. The molecule has 1 aliphatic rings. The lowest BCUT2D eigenvalue weighted by molar-refractivity contribution is -0.136. The van der Waals surface area contributed by atoms with Crippen LogP contribution in [0.5, 0.6) is 5.75 Å². The summed E-state index contributed by atoms with van der Waals surface area (Å²) < 4.78 is 15.4. The SMILES string of the molecule is CCC1=C(C(=O)OC)[C@H](c2ccccc2)n2c(s/c(=C/c3cc(I)cc(I)c3OCc3cccc(Cl)c3)c2=O)=N1. The Morgan fingerprint density at radius 1 is 1.12 bits per heavy atom. The van der Waals surface area contributed by atoms with Crippen LogP contribution >= 0.6 is 68.1 Å². The number of aromatic nitrogens is 1. The second-order valence-electron chi connectivity index (χ2n) is 8.92. The fourth-order valence-electron chi connectivity index (χ4n) is 4.58. The van der Waals surface area contributed by atoms with E-state index >= 15 is 0 Å². The van der Waals surface area contributed by atoms with Gasteiger partial charge in [-0.25, -0.2) is 9.79 Å². The Kier molecular flexibility index (Phi) is 9.13. The van der Waals surface area contributed by atoms with Crippen molar-refractivity contribution in [1.82, 2.24) is 4.57 Å². The molecule has 0 aliphatic carbocycles. The van der Waals surface area contributed by atoms with Crippen LogP contribution in [0.2, 0.25) is 5.02 Å². The van der Waals surface area contributed by atoms with Crippen LogP contribution in [0.4, 0.5) is 0 Å². The van der Waals surface area contributed by atoms with Gasteiger partial charge in [0.1, 0.15) is 12.4 Å². The maximum absolute atomic E-state index is 14.0. The first-order valence-electron chi connectivity index (χ1n) is 12.3. The molecular formula is C30H23ClI2N2O4S. The Balaban J connectivity index is 1.66. The zero-order valence-corrected chi connectivity index (χ0v) is 27.4. The molecule has 1 aromatic heterocycles. The summed E-state index contributed by atoms with van der Waals surface area (Å²) in [5, 5.41) is 0.644. The molecule has 0 saturated heterocycles. The molecule has 40 heavy (non-hydrogen) atoms. The van der Waals surface area contributed by atoms with Gasteiger partial charge in [-0.1, -0.05) is 72.3 Å². The summed E-state index contributed by atoms with van der Waals surface area (Å²) in [4.78, 5) is 32.3. The summed E-state index contributed by atoms with van der Waals surface area (Å²) in [6.45, 7) is 2.27. The number of allylic oxidation sites excluding steroid dienone is 1. The van der Waals surface area contributed by atoms with E-state index in [1.165, 1.54) is 18.4 Å². The maximum Gasteiger partial charge on any atom is 0.338 e. The first-order valence-corrected chi connectivity index (χ1v) is 15.7. The Bertz CT molecular complexity index is 1820. The zero-order valence-electron chi connectivity index (χ0n) is 21.5. The van der Waals surface area contributed by atoms with Crippen molar-refractivity contribution in [2.24, 2.45) is 4.99 Å². The highest BCUT2D eigenvalue weighted by Gasteiger charge is 2.33. The summed E-state index contributed by atoms with van der Waals surface area (Å²) in [6.07, 6.45) is 2.37. The molecule has 3 aromatic carbocycles. The van der Waals surface area contributed by atoms with Crippen LogP contribution in [0.3, 0.4) is 0 Å². The minimum Gasteiger partial charge on any atom is -0.487 e. The highest BCUT2D eigenvalue weighted by atomic mass is 127. The van der Waals surface area contributed by atoms with Crippen molar-refractivity contribution in [2.45, 2.75) is 26.0 Å². The number of rotatable bonds is 7. The van der Waals surface area contributed by atoms with Crippen molar-refractivity contribution >= 4 is 80.2 Å². The number of nitrogens with zero attached hydrogens (tertiary/aromatic N) is 2. The molecule has 0 fully saturated rings. The van der Waals surface area contributed by atoms with Crippen LogP contribution in [0, 0.1) is 7.14 Å². The number of halogens is 3. The number of fused-ring (bicyclic) bond motifs is 1. The topological polar surface area (TPSA) is 69.9 Å². The van der Waals surface area contributed by atoms with Gasteiger partial charge in [0.2, 0.25) is 0 Å². The molecular weight excluding hydrogens is 774 g/mol. The number of thiazole rings is 1. The average molecular weight is 797 g/mol. The summed E-state index contributed by atoms with van der Waals surface area (Å²) in [5.74, 6) is 0.184. The van der Waals surface area contributed by atoms with Gasteiger partial charge in [-0.3, -0.25) is 9.36 Å². The number of benzene rings is 3. The van der Waals surface area contributed by atoms with Crippen molar-refractivity contribution in [3.05, 3.63) is 127 Å². The van der Waals surface area contributed by atoms with Crippen molar-refractivity contribution in [2.75, 3.05) is 7.11 Å². The van der Waals surface area contributed by atoms with Crippen LogP contribution < -0.4 is 19.6 Å². The number of carbonyl (C=O) groups excluding carboxylic acids is 1. The molecule has 0 spiro atoms. The summed E-state index contributed by atoms with van der Waals surface area (Å²) >= 11 is 12.0. The zero-order chi connectivity index (χ0) is 28.4. The van der Waals surface area contributed by atoms with E-state index < -0.39 is 12.0 Å². The van der Waals surface area contributed by atoms with E-state index in [-0.39, 0.29) is 5.56 Å². The molecule has 4 aromatic rings. The molecule has 0 radical (unpaired) electrons. The predicted molar refractivity (Wildman–Crippen MR) is 175 cm³/mol. The molecule has 5 rings (SSSR count). The molecule has 2 heterocycles. The monoisotopic (exact) mass is 796 g/mol. The van der Waals surface area contributed by atoms with E-state index in [0.29, 0.717) is 44.4 Å². The molecule has 0 amide bonds. The molecule has 0 N–H and O–H groups in total. The third-order valence-corrected chi connectivity index (χ3v) is 9.00. The average Bonchev–Trinajstić information content (AvgIpc) is 3.25. The first-order chi connectivity index (χ1) is 19.3. The minimum atomic E-state index is -0.642. The fourth-order valence-corrected chi connectivity index (χ4v) is 7.85. The Labute approximate surface area is 267 Å². The van der Waals surface area contributed by atoms with Crippen molar-refractivity contribution in [3.63, 3.8) is 0 Å². The Hall–Kier alpha value is -2.48. The van der Waals surface area contributed by atoms with Gasteiger partial charge in [0, 0.05) is 14.2 Å². The number of hydrogen-bond donors (Lipinski definition) is 0. The highest BCUT2D eigenvalue weighted by molar-refractivity contribution is 14.1. The molecule has 0 bridgehead atoms. The molecule has 1 aliphatic heterocycles.